The van der Waals surface area contributed by atoms with Crippen LogP contribution in [0.25, 0.3) is 0 Å². The highest BCUT2D eigenvalue weighted by Gasteiger charge is 2.23. The number of para-hydroxylation sites is 1. The van der Waals surface area contributed by atoms with Gasteiger partial charge in [-0.25, -0.2) is 0 Å². The van der Waals surface area contributed by atoms with Crippen molar-refractivity contribution in [1.82, 2.24) is 0 Å². The van der Waals surface area contributed by atoms with Gasteiger partial charge in [-0.15, -0.1) is 0 Å². The maximum atomic E-state index is 12.0. The first-order valence-corrected chi connectivity index (χ1v) is 6.28. The quantitative estimate of drug-likeness (QED) is 0.812. The van der Waals surface area contributed by atoms with Gasteiger partial charge in [0.1, 0.15) is 0 Å². The van der Waals surface area contributed by atoms with Crippen LogP contribution in [0, 0.1) is 0 Å². The average molecular weight is 247 g/mol. The fourth-order valence-corrected chi connectivity index (χ4v) is 2.28. The number of rotatable bonds is 5. The topological polar surface area (TPSA) is 57.6 Å². The summed E-state index contributed by atoms with van der Waals surface area (Å²) in [5.41, 5.74) is 2.23. The van der Waals surface area contributed by atoms with Gasteiger partial charge < -0.3 is 10.0 Å². The molecule has 0 unspecified atom stereocenters. The third kappa shape index (κ3) is 2.88. The minimum absolute atomic E-state index is 0.102. The number of carbonyl (C=O) groups is 2. The first-order valence-electron chi connectivity index (χ1n) is 6.28. The molecule has 0 aliphatic carbocycles. The highest BCUT2D eigenvalue weighted by atomic mass is 16.4. The highest BCUT2D eigenvalue weighted by Crippen LogP contribution is 2.28. The molecule has 1 aromatic carbocycles. The molecule has 1 aliphatic rings. The van der Waals surface area contributed by atoms with E-state index >= 15 is 0 Å². The van der Waals surface area contributed by atoms with E-state index in [4.69, 9.17) is 5.11 Å². The zero-order valence-corrected chi connectivity index (χ0v) is 10.3. The van der Waals surface area contributed by atoms with E-state index in [-0.39, 0.29) is 12.3 Å². The molecule has 4 heteroatoms. The number of carbonyl (C=O) groups excluding carboxylic acids is 1. The molecule has 0 saturated heterocycles. The van der Waals surface area contributed by atoms with Crippen molar-refractivity contribution in [2.75, 3.05) is 11.4 Å². The fraction of sp³-hybridized carbons (Fsp3) is 0.429. The van der Waals surface area contributed by atoms with Crippen LogP contribution in [0.1, 0.15) is 31.2 Å². The van der Waals surface area contributed by atoms with Crippen LogP contribution < -0.4 is 4.90 Å². The molecule has 0 radical (unpaired) electrons. The lowest BCUT2D eigenvalue weighted by Gasteiger charge is -2.17. The number of unbranched alkanes of at least 4 members (excludes halogenated alkanes) is 1. The van der Waals surface area contributed by atoms with Gasteiger partial charge >= 0.3 is 5.97 Å². The Morgan fingerprint density at radius 2 is 1.89 bits per heavy atom. The first-order chi connectivity index (χ1) is 8.68. The molecule has 0 atom stereocenters. The van der Waals surface area contributed by atoms with Gasteiger partial charge in [-0.2, -0.15) is 0 Å². The normalized spacial score (nSPS) is 13.4. The van der Waals surface area contributed by atoms with E-state index in [9.17, 15) is 9.59 Å². The maximum Gasteiger partial charge on any atom is 0.303 e. The molecule has 18 heavy (non-hydrogen) atoms. The summed E-state index contributed by atoms with van der Waals surface area (Å²) in [5, 5.41) is 8.53. The number of hydrogen-bond acceptors (Lipinski definition) is 2. The lowest BCUT2D eigenvalue weighted by Crippen LogP contribution is -2.28. The second-order valence-electron chi connectivity index (χ2n) is 4.52. The minimum Gasteiger partial charge on any atom is -0.481 e. The standard InChI is InChI=1S/C14H17NO3/c16-13(7-3-4-8-14(17)18)15-10-9-11-5-1-2-6-12(11)15/h1-2,5-6H,3-4,7-10H2,(H,17,18). The summed E-state index contributed by atoms with van der Waals surface area (Å²) in [6.45, 7) is 0.747. The number of benzene rings is 1. The van der Waals surface area contributed by atoms with E-state index in [2.05, 4.69) is 0 Å². The molecule has 1 amide bonds. The van der Waals surface area contributed by atoms with Crippen LogP contribution in [0.3, 0.4) is 0 Å². The van der Waals surface area contributed by atoms with Crippen molar-refractivity contribution in [3.05, 3.63) is 29.8 Å². The Morgan fingerprint density at radius 1 is 1.17 bits per heavy atom. The third-order valence-corrected chi connectivity index (χ3v) is 3.22. The van der Waals surface area contributed by atoms with E-state index in [1.54, 1.807) is 0 Å². The van der Waals surface area contributed by atoms with Crippen LogP contribution in [0.15, 0.2) is 24.3 Å². The van der Waals surface area contributed by atoms with Crippen molar-refractivity contribution in [3.63, 3.8) is 0 Å². The molecule has 1 N–H and O–H groups in total. The van der Waals surface area contributed by atoms with E-state index < -0.39 is 5.97 Å². The number of amides is 1. The molecular weight excluding hydrogens is 230 g/mol. The molecule has 2 rings (SSSR count). The Labute approximate surface area is 106 Å². The van der Waals surface area contributed by atoms with Crippen LogP contribution in [0.5, 0.6) is 0 Å². The molecule has 0 spiro atoms. The van der Waals surface area contributed by atoms with Crippen molar-refractivity contribution in [3.8, 4) is 0 Å². The summed E-state index contributed by atoms with van der Waals surface area (Å²) in [6, 6.07) is 7.94. The van der Waals surface area contributed by atoms with Crippen LogP contribution in [-0.4, -0.2) is 23.5 Å². The van der Waals surface area contributed by atoms with Gasteiger partial charge in [0.05, 0.1) is 0 Å². The molecule has 0 saturated carbocycles. The Morgan fingerprint density at radius 3 is 2.67 bits per heavy atom. The summed E-state index contributed by atoms with van der Waals surface area (Å²) in [7, 11) is 0. The van der Waals surface area contributed by atoms with Crippen molar-refractivity contribution >= 4 is 17.6 Å². The number of hydrogen-bond donors (Lipinski definition) is 1. The highest BCUT2D eigenvalue weighted by molar-refractivity contribution is 5.95. The van der Waals surface area contributed by atoms with Gasteiger partial charge in [-0.1, -0.05) is 18.2 Å². The van der Waals surface area contributed by atoms with Crippen LogP contribution in [0.2, 0.25) is 0 Å². The number of carboxylic acid groups (broad SMARTS) is 1. The molecule has 1 heterocycles. The van der Waals surface area contributed by atoms with Gasteiger partial charge in [0.25, 0.3) is 0 Å². The Balaban J connectivity index is 1.86. The third-order valence-electron chi connectivity index (χ3n) is 3.22. The number of nitrogens with zero attached hydrogens (tertiary/aromatic N) is 1. The summed E-state index contributed by atoms with van der Waals surface area (Å²) >= 11 is 0. The average Bonchev–Trinajstić information content (AvgIpc) is 2.78. The largest absolute Gasteiger partial charge is 0.481 e. The van der Waals surface area contributed by atoms with Gasteiger partial charge in [0.2, 0.25) is 5.91 Å². The summed E-state index contributed by atoms with van der Waals surface area (Å²) < 4.78 is 0. The molecule has 4 nitrogen and oxygen atoms in total. The van der Waals surface area contributed by atoms with Crippen LogP contribution in [-0.2, 0) is 16.0 Å². The van der Waals surface area contributed by atoms with Gasteiger partial charge in [-0.05, 0) is 30.9 Å². The van der Waals surface area contributed by atoms with E-state index in [1.807, 2.05) is 29.2 Å². The predicted molar refractivity (Wildman–Crippen MR) is 68.6 cm³/mol. The zero-order valence-electron chi connectivity index (χ0n) is 10.3. The van der Waals surface area contributed by atoms with Crippen molar-refractivity contribution < 1.29 is 14.7 Å². The summed E-state index contributed by atoms with van der Waals surface area (Å²) in [6.07, 6.45) is 2.70. The van der Waals surface area contributed by atoms with Gasteiger partial charge in [-0.3, -0.25) is 9.59 Å². The Hall–Kier alpha value is -1.84. The second kappa shape index (κ2) is 5.67. The van der Waals surface area contributed by atoms with E-state index in [1.165, 1.54) is 5.56 Å². The van der Waals surface area contributed by atoms with E-state index in [0.29, 0.717) is 19.3 Å². The van der Waals surface area contributed by atoms with Crippen molar-refractivity contribution in [1.29, 1.82) is 0 Å². The zero-order chi connectivity index (χ0) is 13.0. The minimum atomic E-state index is -0.797. The smallest absolute Gasteiger partial charge is 0.303 e. The molecule has 1 aliphatic heterocycles. The molecule has 96 valence electrons. The van der Waals surface area contributed by atoms with E-state index in [0.717, 1.165) is 18.7 Å². The van der Waals surface area contributed by atoms with Crippen molar-refractivity contribution in [2.45, 2.75) is 32.1 Å². The molecule has 1 aromatic rings. The number of aliphatic carboxylic acids is 1. The lowest BCUT2D eigenvalue weighted by molar-refractivity contribution is -0.137. The molecule has 0 bridgehead atoms. The Bertz CT molecular complexity index is 456. The fourth-order valence-electron chi connectivity index (χ4n) is 2.28. The van der Waals surface area contributed by atoms with Crippen molar-refractivity contribution in [2.24, 2.45) is 0 Å². The second-order valence-corrected chi connectivity index (χ2v) is 4.52. The maximum absolute atomic E-state index is 12.0. The molecule has 0 aromatic heterocycles. The lowest BCUT2D eigenvalue weighted by atomic mass is 10.1. The summed E-state index contributed by atoms with van der Waals surface area (Å²) in [4.78, 5) is 24.2. The number of fused-ring (bicyclic) bond motifs is 1. The first kappa shape index (κ1) is 12.6. The molecular formula is C14H17NO3. The summed E-state index contributed by atoms with van der Waals surface area (Å²) in [5.74, 6) is -0.695. The molecule has 0 fully saturated rings. The SMILES string of the molecule is O=C(O)CCCCC(=O)N1CCc2ccccc21. The van der Waals surface area contributed by atoms with Crippen LogP contribution >= 0.6 is 0 Å². The predicted octanol–water partition coefficient (Wildman–Crippen LogP) is 2.22. The number of carboxylic acids is 1. The van der Waals surface area contributed by atoms with Gasteiger partial charge in [0.15, 0.2) is 0 Å². The van der Waals surface area contributed by atoms with Crippen LogP contribution in [0.4, 0.5) is 5.69 Å². The Kier molecular flexibility index (Phi) is 3.97. The van der Waals surface area contributed by atoms with Gasteiger partial charge in [0, 0.05) is 25.1 Å². The monoisotopic (exact) mass is 247 g/mol. The number of anilines is 1.